The Morgan fingerprint density at radius 2 is 1.83 bits per heavy atom. The lowest BCUT2D eigenvalue weighted by Crippen LogP contribution is -2.26. The number of hydrogen-bond donors (Lipinski definition) is 2. The van der Waals surface area contributed by atoms with Crippen LogP contribution in [0.2, 0.25) is 0 Å². The second-order valence-electron chi connectivity index (χ2n) is 7.74. The van der Waals surface area contributed by atoms with Crippen LogP contribution < -0.4 is 10.0 Å². The number of aryl methyl sites for hydroxylation is 1. The molecule has 1 amide bonds. The van der Waals surface area contributed by atoms with Gasteiger partial charge >= 0.3 is 0 Å². The van der Waals surface area contributed by atoms with Crippen LogP contribution in [0, 0.1) is 6.92 Å². The summed E-state index contributed by atoms with van der Waals surface area (Å²) in [7, 11) is -3.78. The van der Waals surface area contributed by atoms with E-state index in [-0.39, 0.29) is 10.8 Å². The summed E-state index contributed by atoms with van der Waals surface area (Å²) in [6, 6.07) is 13.2. The summed E-state index contributed by atoms with van der Waals surface area (Å²) in [6.45, 7) is 3.01. The van der Waals surface area contributed by atoms with Gasteiger partial charge in [-0.15, -0.1) is 0 Å². The fraction of sp³-hybridized carbons (Fsp3) is 0.435. The van der Waals surface area contributed by atoms with Gasteiger partial charge in [-0.3, -0.25) is 9.52 Å². The number of ether oxygens (including phenoxy) is 1. The van der Waals surface area contributed by atoms with E-state index in [4.69, 9.17) is 4.74 Å². The summed E-state index contributed by atoms with van der Waals surface area (Å²) in [4.78, 5) is 12.5. The molecule has 2 aromatic carbocycles. The lowest BCUT2D eigenvalue weighted by atomic mass is 9.98. The van der Waals surface area contributed by atoms with E-state index in [2.05, 4.69) is 10.0 Å². The van der Waals surface area contributed by atoms with Crippen LogP contribution in [-0.2, 0) is 14.8 Å². The molecule has 162 valence electrons. The Kier molecular flexibility index (Phi) is 7.87. The molecule has 7 heteroatoms. The van der Waals surface area contributed by atoms with Crippen LogP contribution in [0.1, 0.15) is 54.4 Å². The fourth-order valence-corrected chi connectivity index (χ4v) is 4.68. The second-order valence-corrected chi connectivity index (χ2v) is 9.43. The largest absolute Gasteiger partial charge is 0.378 e. The quantitative estimate of drug-likeness (QED) is 0.582. The molecule has 2 N–H and O–H groups in total. The Balaban J connectivity index is 1.51. The first kappa shape index (κ1) is 22.3. The average Bonchev–Trinajstić information content (AvgIpc) is 2.74. The highest BCUT2D eigenvalue weighted by atomic mass is 32.2. The minimum atomic E-state index is -3.78. The minimum Gasteiger partial charge on any atom is -0.378 e. The summed E-state index contributed by atoms with van der Waals surface area (Å²) in [5.74, 6) is -0.291. The third kappa shape index (κ3) is 6.57. The monoisotopic (exact) mass is 430 g/mol. The molecule has 3 rings (SSSR count). The van der Waals surface area contributed by atoms with Gasteiger partial charge in [0.05, 0.1) is 11.0 Å². The van der Waals surface area contributed by atoms with Crippen molar-refractivity contribution in [3.63, 3.8) is 0 Å². The van der Waals surface area contributed by atoms with Gasteiger partial charge in [0.15, 0.2) is 0 Å². The van der Waals surface area contributed by atoms with Crippen molar-refractivity contribution in [2.45, 2.75) is 56.4 Å². The number of rotatable bonds is 9. The van der Waals surface area contributed by atoms with Gasteiger partial charge in [0.2, 0.25) is 0 Å². The number of hydrogen-bond acceptors (Lipinski definition) is 4. The van der Waals surface area contributed by atoms with Gasteiger partial charge < -0.3 is 10.1 Å². The molecule has 0 radical (unpaired) electrons. The highest BCUT2D eigenvalue weighted by Crippen LogP contribution is 2.20. The second kappa shape index (κ2) is 10.6. The highest BCUT2D eigenvalue weighted by Gasteiger charge is 2.17. The summed E-state index contributed by atoms with van der Waals surface area (Å²) >= 11 is 0. The molecule has 0 aromatic heterocycles. The van der Waals surface area contributed by atoms with Crippen molar-refractivity contribution in [2.75, 3.05) is 17.9 Å². The number of anilines is 1. The van der Waals surface area contributed by atoms with Crippen molar-refractivity contribution < 1.29 is 17.9 Å². The number of sulfonamides is 1. The zero-order valence-electron chi connectivity index (χ0n) is 17.4. The van der Waals surface area contributed by atoms with E-state index in [1.54, 1.807) is 30.3 Å². The molecule has 6 nitrogen and oxygen atoms in total. The molecule has 0 atom stereocenters. The van der Waals surface area contributed by atoms with Crippen molar-refractivity contribution in [1.82, 2.24) is 5.32 Å². The molecule has 0 aliphatic heterocycles. The van der Waals surface area contributed by atoms with Gasteiger partial charge in [-0.2, -0.15) is 0 Å². The Morgan fingerprint density at radius 1 is 1.07 bits per heavy atom. The maximum absolute atomic E-state index is 12.7. The van der Waals surface area contributed by atoms with Gasteiger partial charge in [0, 0.05) is 24.4 Å². The van der Waals surface area contributed by atoms with Gasteiger partial charge in [0.25, 0.3) is 15.9 Å². The van der Waals surface area contributed by atoms with Gasteiger partial charge in [0.1, 0.15) is 0 Å². The molecule has 0 saturated heterocycles. The van der Waals surface area contributed by atoms with E-state index in [0.717, 1.165) is 24.8 Å². The van der Waals surface area contributed by atoms with Crippen LogP contribution in [0.15, 0.2) is 53.4 Å². The Morgan fingerprint density at radius 3 is 2.60 bits per heavy atom. The summed E-state index contributed by atoms with van der Waals surface area (Å²) < 4.78 is 33.8. The van der Waals surface area contributed by atoms with Gasteiger partial charge in [-0.25, -0.2) is 8.42 Å². The van der Waals surface area contributed by atoms with Crippen molar-refractivity contribution in [3.05, 3.63) is 59.7 Å². The van der Waals surface area contributed by atoms with Crippen molar-refractivity contribution in [2.24, 2.45) is 0 Å². The van der Waals surface area contributed by atoms with Crippen LogP contribution in [0.25, 0.3) is 0 Å². The molecule has 1 aliphatic rings. The topological polar surface area (TPSA) is 84.5 Å². The molecule has 1 aliphatic carbocycles. The first-order valence-electron chi connectivity index (χ1n) is 10.5. The van der Waals surface area contributed by atoms with Crippen LogP contribution in [0.3, 0.4) is 0 Å². The molecular formula is C23H30N2O4S. The Bertz CT molecular complexity index is 953. The number of benzene rings is 2. The average molecular weight is 431 g/mol. The summed E-state index contributed by atoms with van der Waals surface area (Å²) in [6.07, 6.45) is 7.12. The van der Waals surface area contributed by atoms with Crippen molar-refractivity contribution in [3.8, 4) is 0 Å². The number of amides is 1. The fourth-order valence-electron chi connectivity index (χ4n) is 3.59. The number of nitrogens with one attached hydrogen (secondary N) is 2. The predicted octanol–water partition coefficient (Wildman–Crippen LogP) is 4.27. The zero-order chi connectivity index (χ0) is 21.4. The first-order chi connectivity index (χ1) is 14.4. The van der Waals surface area contributed by atoms with E-state index in [9.17, 15) is 13.2 Å². The van der Waals surface area contributed by atoms with Gasteiger partial charge in [-0.1, -0.05) is 37.5 Å². The minimum absolute atomic E-state index is 0.0530. The number of carbonyl (C=O) groups excluding carboxylic acids is 1. The molecule has 2 aromatic rings. The van der Waals surface area contributed by atoms with Crippen molar-refractivity contribution >= 4 is 21.6 Å². The first-order valence-corrected chi connectivity index (χ1v) is 12.0. The van der Waals surface area contributed by atoms with Crippen LogP contribution in [0.5, 0.6) is 0 Å². The summed E-state index contributed by atoms with van der Waals surface area (Å²) in [5, 5.41) is 2.84. The summed E-state index contributed by atoms with van der Waals surface area (Å²) in [5.41, 5.74) is 1.76. The predicted molar refractivity (Wildman–Crippen MR) is 118 cm³/mol. The maximum atomic E-state index is 12.7. The molecule has 30 heavy (non-hydrogen) atoms. The molecular weight excluding hydrogens is 400 g/mol. The van der Waals surface area contributed by atoms with E-state index >= 15 is 0 Å². The van der Waals surface area contributed by atoms with E-state index in [1.165, 1.54) is 31.4 Å². The maximum Gasteiger partial charge on any atom is 0.261 e. The SMILES string of the molecule is Cc1cccc(NS(=O)(=O)c2cccc(C(=O)NCCCOC3CCCCC3)c2)c1. The molecule has 1 saturated carbocycles. The molecule has 0 unspecified atom stereocenters. The van der Waals surface area contributed by atoms with Crippen LogP contribution >= 0.6 is 0 Å². The lowest BCUT2D eigenvalue weighted by molar-refractivity contribution is 0.0273. The molecule has 0 heterocycles. The van der Waals surface area contributed by atoms with E-state index in [1.807, 2.05) is 13.0 Å². The number of carbonyl (C=O) groups is 1. The smallest absolute Gasteiger partial charge is 0.261 e. The van der Waals surface area contributed by atoms with E-state index in [0.29, 0.717) is 30.5 Å². The standard InChI is InChI=1S/C23H30N2O4S/c1-18-8-5-10-20(16-18)25-30(27,28)22-13-6-9-19(17-22)23(26)24-14-7-15-29-21-11-3-2-4-12-21/h5-6,8-10,13,16-17,21,25H,2-4,7,11-12,14-15H2,1H3,(H,24,26). The molecule has 0 bridgehead atoms. The van der Waals surface area contributed by atoms with Gasteiger partial charge in [-0.05, 0) is 62.1 Å². The highest BCUT2D eigenvalue weighted by molar-refractivity contribution is 7.92. The van der Waals surface area contributed by atoms with Crippen molar-refractivity contribution in [1.29, 1.82) is 0 Å². The van der Waals surface area contributed by atoms with Crippen LogP contribution in [0.4, 0.5) is 5.69 Å². The molecule has 1 fully saturated rings. The van der Waals surface area contributed by atoms with Crippen LogP contribution in [-0.4, -0.2) is 33.6 Å². The normalized spacial score (nSPS) is 15.0. The lowest BCUT2D eigenvalue weighted by Gasteiger charge is -2.21. The molecule has 0 spiro atoms. The Hall–Kier alpha value is -2.38. The van der Waals surface area contributed by atoms with E-state index < -0.39 is 10.0 Å². The third-order valence-corrected chi connectivity index (χ3v) is 6.57. The zero-order valence-corrected chi connectivity index (χ0v) is 18.2. The Labute approximate surface area is 179 Å². The third-order valence-electron chi connectivity index (χ3n) is 5.19.